The van der Waals surface area contributed by atoms with E-state index in [1.54, 1.807) is 12.4 Å². The highest BCUT2D eigenvalue weighted by atomic mass is 16.5. The number of hydrogen-bond donors (Lipinski definition) is 0. The molecular weight excluding hydrogens is 340 g/mol. The second-order valence-corrected chi connectivity index (χ2v) is 7.04. The molecule has 0 unspecified atom stereocenters. The number of rotatable bonds is 15. The van der Waals surface area contributed by atoms with Crippen molar-refractivity contribution >= 4 is 18.0 Å². The van der Waals surface area contributed by atoms with Crippen molar-refractivity contribution in [2.75, 3.05) is 0 Å². The maximum absolute atomic E-state index is 12.3. The van der Waals surface area contributed by atoms with E-state index in [9.17, 15) is 14.4 Å². The van der Waals surface area contributed by atoms with E-state index < -0.39 is 0 Å². The van der Waals surface area contributed by atoms with Crippen LogP contribution in [0.25, 0.3) is 0 Å². The Labute approximate surface area is 163 Å². The average molecular weight is 374 g/mol. The molecule has 27 heavy (non-hydrogen) atoms. The molecule has 4 heteroatoms. The minimum atomic E-state index is -0.349. The molecule has 0 fully saturated rings. The summed E-state index contributed by atoms with van der Waals surface area (Å²) in [5, 5.41) is 0. The number of benzene rings is 1. The molecule has 0 aliphatic rings. The third-order valence-electron chi connectivity index (χ3n) is 4.63. The first-order valence-electron chi connectivity index (χ1n) is 10.4. The lowest BCUT2D eigenvalue weighted by atomic mass is 10.0. The van der Waals surface area contributed by atoms with E-state index in [0.717, 1.165) is 44.9 Å². The van der Waals surface area contributed by atoms with Crippen LogP contribution in [-0.4, -0.2) is 18.0 Å². The number of carbonyl (C=O) groups excluding carboxylic acids is 3. The van der Waals surface area contributed by atoms with Gasteiger partial charge in [-0.1, -0.05) is 65.2 Å². The molecule has 1 aromatic carbocycles. The van der Waals surface area contributed by atoms with Crippen LogP contribution >= 0.6 is 0 Å². The fourth-order valence-electron chi connectivity index (χ4n) is 2.95. The Hall–Kier alpha value is -1.97. The summed E-state index contributed by atoms with van der Waals surface area (Å²) in [6.07, 6.45) is 13.2. The lowest BCUT2D eigenvalue weighted by Crippen LogP contribution is -2.10. The molecule has 0 saturated heterocycles. The first kappa shape index (κ1) is 23.1. The summed E-state index contributed by atoms with van der Waals surface area (Å²) in [6.45, 7) is 4.30. The van der Waals surface area contributed by atoms with Crippen LogP contribution in [0.2, 0.25) is 0 Å². The zero-order valence-electron chi connectivity index (χ0n) is 16.9. The standard InChI is InChI=1S/C23H33O4/c1-3-5-7-9-11-13-21(25)19-15-16-22(20(17-19)18-24)27-23(26)14-12-10-8-6-4-2/h15-17H,3-14H2,1-2H3. The van der Waals surface area contributed by atoms with E-state index in [2.05, 4.69) is 13.8 Å². The van der Waals surface area contributed by atoms with E-state index >= 15 is 0 Å². The zero-order chi connectivity index (χ0) is 19.9. The summed E-state index contributed by atoms with van der Waals surface area (Å²) in [5.41, 5.74) is 0.606. The van der Waals surface area contributed by atoms with Gasteiger partial charge in [0.2, 0.25) is 6.29 Å². The minimum absolute atomic E-state index is 0.0109. The van der Waals surface area contributed by atoms with Crippen molar-refractivity contribution in [3.8, 4) is 5.75 Å². The first-order chi connectivity index (χ1) is 13.1. The van der Waals surface area contributed by atoms with Gasteiger partial charge >= 0.3 is 5.97 Å². The number of carbonyl (C=O) groups is 2. The summed E-state index contributed by atoms with van der Waals surface area (Å²) in [6, 6.07) is 4.63. The Balaban J connectivity index is 2.52. The van der Waals surface area contributed by atoms with Crippen molar-refractivity contribution in [2.45, 2.75) is 90.9 Å². The van der Waals surface area contributed by atoms with Crippen molar-refractivity contribution in [2.24, 2.45) is 0 Å². The molecule has 0 amide bonds. The fourth-order valence-corrected chi connectivity index (χ4v) is 2.95. The number of Topliss-reactive ketones (excluding diaryl/α,β-unsaturated/α-hetero) is 1. The van der Waals surface area contributed by atoms with Crippen LogP contribution in [0.15, 0.2) is 18.2 Å². The normalized spacial score (nSPS) is 10.6. The van der Waals surface area contributed by atoms with Crippen LogP contribution in [0.3, 0.4) is 0 Å². The Bertz CT molecular complexity index is 592. The van der Waals surface area contributed by atoms with Crippen LogP contribution in [0.5, 0.6) is 5.75 Å². The second-order valence-electron chi connectivity index (χ2n) is 7.04. The summed E-state index contributed by atoms with van der Waals surface area (Å²) >= 11 is 0. The molecule has 0 bridgehead atoms. The number of ketones is 1. The Kier molecular flexibility index (Phi) is 12.1. The molecule has 0 aliphatic heterocycles. The van der Waals surface area contributed by atoms with Crippen LogP contribution in [-0.2, 0) is 9.59 Å². The minimum Gasteiger partial charge on any atom is -0.426 e. The van der Waals surface area contributed by atoms with Crippen molar-refractivity contribution in [1.29, 1.82) is 0 Å². The number of hydrogen-bond acceptors (Lipinski definition) is 4. The monoisotopic (exact) mass is 373 g/mol. The second kappa shape index (κ2) is 14.1. The third-order valence-corrected chi connectivity index (χ3v) is 4.63. The van der Waals surface area contributed by atoms with Crippen LogP contribution in [0.1, 0.15) is 107 Å². The largest absolute Gasteiger partial charge is 0.426 e. The number of unbranched alkanes of at least 4 members (excludes halogenated alkanes) is 8. The summed E-state index contributed by atoms with van der Waals surface area (Å²) < 4.78 is 5.29. The SMILES string of the molecule is CCCCCCCC(=O)Oc1ccc(C(=O)CCCCCCC)cc1[C]=O. The molecule has 0 heterocycles. The van der Waals surface area contributed by atoms with Gasteiger partial charge in [-0.25, -0.2) is 0 Å². The average Bonchev–Trinajstić information content (AvgIpc) is 2.67. The highest BCUT2D eigenvalue weighted by Gasteiger charge is 2.13. The van der Waals surface area contributed by atoms with Gasteiger partial charge in [0.15, 0.2) is 5.78 Å². The molecule has 0 N–H and O–H groups in total. The Morgan fingerprint density at radius 1 is 0.852 bits per heavy atom. The predicted molar refractivity (Wildman–Crippen MR) is 108 cm³/mol. The van der Waals surface area contributed by atoms with Gasteiger partial charge in [-0.3, -0.25) is 14.4 Å². The van der Waals surface area contributed by atoms with Gasteiger partial charge in [0, 0.05) is 18.4 Å². The highest BCUT2D eigenvalue weighted by Crippen LogP contribution is 2.21. The van der Waals surface area contributed by atoms with Gasteiger partial charge in [-0.2, -0.15) is 0 Å². The van der Waals surface area contributed by atoms with E-state index in [-0.39, 0.29) is 23.1 Å². The van der Waals surface area contributed by atoms with Crippen molar-refractivity contribution in [3.05, 3.63) is 29.3 Å². The van der Waals surface area contributed by atoms with E-state index in [1.807, 2.05) is 0 Å². The quantitative estimate of drug-likeness (QED) is 0.165. The van der Waals surface area contributed by atoms with Crippen molar-refractivity contribution in [1.82, 2.24) is 0 Å². The molecule has 4 nitrogen and oxygen atoms in total. The molecule has 1 aromatic rings. The summed E-state index contributed by atoms with van der Waals surface area (Å²) in [4.78, 5) is 35.4. The Morgan fingerprint density at radius 3 is 2.04 bits per heavy atom. The van der Waals surface area contributed by atoms with Crippen LogP contribution in [0, 0.1) is 0 Å². The summed E-state index contributed by atoms with van der Waals surface area (Å²) in [7, 11) is 0. The number of esters is 1. The van der Waals surface area contributed by atoms with Gasteiger partial charge in [0.25, 0.3) is 0 Å². The van der Waals surface area contributed by atoms with Gasteiger partial charge < -0.3 is 4.74 Å². The molecule has 0 saturated carbocycles. The maximum atomic E-state index is 12.3. The van der Waals surface area contributed by atoms with Gasteiger partial charge in [0.05, 0.1) is 5.56 Å². The predicted octanol–water partition coefficient (Wildman–Crippen LogP) is 5.95. The van der Waals surface area contributed by atoms with Gasteiger partial charge in [-0.05, 0) is 31.0 Å². The van der Waals surface area contributed by atoms with E-state index in [1.165, 1.54) is 31.4 Å². The smallest absolute Gasteiger partial charge is 0.311 e. The maximum Gasteiger partial charge on any atom is 0.311 e. The molecule has 0 atom stereocenters. The van der Waals surface area contributed by atoms with E-state index in [0.29, 0.717) is 18.4 Å². The zero-order valence-corrected chi connectivity index (χ0v) is 16.9. The first-order valence-corrected chi connectivity index (χ1v) is 10.4. The van der Waals surface area contributed by atoms with Crippen molar-refractivity contribution < 1.29 is 19.1 Å². The third kappa shape index (κ3) is 9.50. The fraction of sp³-hybridized carbons (Fsp3) is 0.609. The van der Waals surface area contributed by atoms with Crippen LogP contribution in [0.4, 0.5) is 0 Å². The molecule has 1 rings (SSSR count). The van der Waals surface area contributed by atoms with E-state index in [4.69, 9.17) is 4.74 Å². The van der Waals surface area contributed by atoms with Gasteiger partial charge in [-0.15, -0.1) is 0 Å². The molecule has 149 valence electrons. The lowest BCUT2D eigenvalue weighted by Gasteiger charge is -2.08. The molecule has 0 aromatic heterocycles. The topological polar surface area (TPSA) is 60.4 Å². The number of ether oxygens (including phenoxy) is 1. The highest BCUT2D eigenvalue weighted by molar-refractivity contribution is 5.98. The molecule has 0 aliphatic carbocycles. The van der Waals surface area contributed by atoms with Gasteiger partial charge in [0.1, 0.15) is 5.75 Å². The van der Waals surface area contributed by atoms with Crippen LogP contribution < -0.4 is 4.74 Å². The molecule has 1 radical (unpaired) electrons. The molecule has 0 spiro atoms. The van der Waals surface area contributed by atoms with Crippen molar-refractivity contribution in [3.63, 3.8) is 0 Å². The lowest BCUT2D eigenvalue weighted by molar-refractivity contribution is -0.134. The summed E-state index contributed by atoms with van der Waals surface area (Å²) in [5.74, 6) is -0.155. The Morgan fingerprint density at radius 2 is 1.44 bits per heavy atom. The molecular formula is C23H33O4.